The van der Waals surface area contributed by atoms with Gasteiger partial charge in [-0.15, -0.1) is 11.3 Å². The van der Waals surface area contributed by atoms with Gasteiger partial charge >= 0.3 is 0 Å². The van der Waals surface area contributed by atoms with Crippen LogP contribution in [0.2, 0.25) is 0 Å². The number of para-hydroxylation sites is 1. The molecular formula is C49H31N3OS. The van der Waals surface area contributed by atoms with Gasteiger partial charge in [-0.3, -0.25) is 0 Å². The Bertz CT molecular complexity index is 3150. The van der Waals surface area contributed by atoms with Crippen molar-refractivity contribution in [1.29, 1.82) is 0 Å². The highest BCUT2D eigenvalue weighted by molar-refractivity contribution is 7.25. The third-order valence-corrected chi connectivity index (χ3v) is 11.8. The van der Waals surface area contributed by atoms with Crippen molar-refractivity contribution in [3.05, 3.63) is 175 Å². The summed E-state index contributed by atoms with van der Waals surface area (Å²) in [6, 6.07) is 51.3. The molecule has 4 nitrogen and oxygen atoms in total. The average Bonchev–Trinajstić information content (AvgIpc) is 3.82. The van der Waals surface area contributed by atoms with Crippen LogP contribution in [0.4, 0.5) is 0 Å². The smallest absolute Gasteiger partial charge is 0.164 e. The zero-order valence-corrected chi connectivity index (χ0v) is 29.9. The van der Waals surface area contributed by atoms with Gasteiger partial charge in [0, 0.05) is 53.6 Å². The second kappa shape index (κ2) is 12.5. The maximum Gasteiger partial charge on any atom is 0.164 e. The summed E-state index contributed by atoms with van der Waals surface area (Å²) >= 11 is 1.80. The van der Waals surface area contributed by atoms with Crippen molar-refractivity contribution in [2.24, 2.45) is 0 Å². The minimum Gasteiger partial charge on any atom is -0.456 e. The maximum absolute atomic E-state index is 6.59. The normalized spacial score (nSPS) is 14.3. The number of aromatic nitrogens is 3. The minimum atomic E-state index is 0.260. The minimum absolute atomic E-state index is 0.260. The van der Waals surface area contributed by atoms with E-state index in [0.29, 0.717) is 17.5 Å². The molecule has 0 saturated heterocycles. The highest BCUT2D eigenvalue weighted by Gasteiger charge is 2.22. The number of allylic oxidation sites excluding steroid dienone is 4. The van der Waals surface area contributed by atoms with Gasteiger partial charge in [-0.25, -0.2) is 15.0 Å². The predicted octanol–water partition coefficient (Wildman–Crippen LogP) is 13.6. The fraction of sp³-hybridized carbons (Fsp3) is 0.0408. The molecule has 0 fully saturated rings. The van der Waals surface area contributed by atoms with Crippen LogP contribution >= 0.6 is 11.3 Å². The Balaban J connectivity index is 1.19. The second-order valence-corrected chi connectivity index (χ2v) is 15.0. The van der Waals surface area contributed by atoms with Gasteiger partial charge in [-0.05, 0) is 76.3 Å². The topological polar surface area (TPSA) is 51.8 Å². The summed E-state index contributed by atoms with van der Waals surface area (Å²) in [5.74, 6) is 2.19. The fourth-order valence-corrected chi connectivity index (χ4v) is 9.23. The lowest BCUT2D eigenvalue weighted by atomic mass is 9.86. The van der Waals surface area contributed by atoms with Crippen LogP contribution in [-0.2, 0) is 0 Å². The summed E-state index contributed by atoms with van der Waals surface area (Å²) < 4.78 is 9.05. The van der Waals surface area contributed by atoms with Crippen molar-refractivity contribution in [2.45, 2.75) is 12.3 Å². The van der Waals surface area contributed by atoms with Crippen molar-refractivity contribution in [2.75, 3.05) is 0 Å². The standard InChI is InChI=1S/C49H31N3OS/c1-3-14-30(15-4-1)33-27-40(45-36-20-9-11-23-41(36)53-42(45)29-33)39-28-34(26-32-18-7-8-19-35(32)39)48-50-47(31-16-5-2-6-17-31)51-49(52-48)38-22-13-25-44-46(38)37-21-10-12-24-43(37)54-44/h1-14,16-30H,15H2. The van der Waals surface area contributed by atoms with Gasteiger partial charge < -0.3 is 4.42 Å². The summed E-state index contributed by atoms with van der Waals surface area (Å²) in [5.41, 5.74) is 8.14. The molecular weight excluding hydrogens is 679 g/mol. The lowest BCUT2D eigenvalue weighted by molar-refractivity contribution is 0.667. The first-order chi connectivity index (χ1) is 26.7. The maximum atomic E-state index is 6.59. The average molecular weight is 710 g/mol. The van der Waals surface area contributed by atoms with Crippen LogP contribution in [0.15, 0.2) is 174 Å². The molecule has 0 aliphatic heterocycles. The molecule has 1 atom stereocenters. The molecule has 7 aromatic carbocycles. The van der Waals surface area contributed by atoms with E-state index in [1.807, 2.05) is 24.3 Å². The quantitative estimate of drug-likeness (QED) is 0.178. The zero-order valence-electron chi connectivity index (χ0n) is 29.1. The zero-order chi connectivity index (χ0) is 35.6. The summed E-state index contributed by atoms with van der Waals surface area (Å²) in [5, 5.41) is 6.88. The van der Waals surface area contributed by atoms with Crippen LogP contribution in [0.5, 0.6) is 0 Å². The molecule has 3 aromatic heterocycles. The van der Waals surface area contributed by atoms with Crippen LogP contribution in [0, 0.1) is 0 Å². The highest BCUT2D eigenvalue weighted by Crippen LogP contribution is 2.44. The van der Waals surface area contributed by atoms with Crippen molar-refractivity contribution in [3.8, 4) is 45.3 Å². The van der Waals surface area contributed by atoms with Gasteiger partial charge in [-0.2, -0.15) is 0 Å². The summed E-state index contributed by atoms with van der Waals surface area (Å²) in [6.45, 7) is 0. The number of nitrogens with zero attached hydrogens (tertiary/aromatic N) is 3. The Morgan fingerprint density at radius 3 is 2.11 bits per heavy atom. The van der Waals surface area contributed by atoms with Crippen LogP contribution in [0.3, 0.4) is 0 Å². The number of benzene rings is 7. The van der Waals surface area contributed by atoms with Crippen LogP contribution in [0.25, 0.3) is 98.2 Å². The Labute approximate surface area is 315 Å². The van der Waals surface area contributed by atoms with E-state index in [1.54, 1.807) is 11.3 Å². The van der Waals surface area contributed by atoms with E-state index in [-0.39, 0.29) is 5.92 Å². The first-order valence-electron chi connectivity index (χ1n) is 18.3. The molecule has 0 N–H and O–H groups in total. The third-order valence-electron chi connectivity index (χ3n) is 10.6. The van der Waals surface area contributed by atoms with Crippen molar-refractivity contribution >= 4 is 64.2 Å². The van der Waals surface area contributed by atoms with Gasteiger partial charge in [0.1, 0.15) is 11.2 Å². The van der Waals surface area contributed by atoms with Crippen LogP contribution in [-0.4, -0.2) is 15.0 Å². The van der Waals surface area contributed by atoms with Crippen LogP contribution in [0.1, 0.15) is 17.9 Å². The van der Waals surface area contributed by atoms with E-state index in [1.165, 1.54) is 25.7 Å². The molecule has 5 heteroatoms. The Morgan fingerprint density at radius 2 is 1.24 bits per heavy atom. The monoisotopic (exact) mass is 709 g/mol. The molecule has 0 bridgehead atoms. The molecule has 0 amide bonds. The molecule has 54 heavy (non-hydrogen) atoms. The number of rotatable bonds is 5. The molecule has 1 aliphatic rings. The number of thiophene rings is 1. The summed E-state index contributed by atoms with van der Waals surface area (Å²) in [4.78, 5) is 15.7. The molecule has 0 saturated carbocycles. The molecule has 10 aromatic rings. The molecule has 1 aliphatic carbocycles. The van der Waals surface area contributed by atoms with Gasteiger partial charge in [0.25, 0.3) is 0 Å². The van der Waals surface area contributed by atoms with Crippen molar-refractivity contribution < 1.29 is 4.42 Å². The lowest BCUT2D eigenvalue weighted by Gasteiger charge is -2.17. The predicted molar refractivity (Wildman–Crippen MR) is 225 cm³/mol. The fourth-order valence-electron chi connectivity index (χ4n) is 8.10. The second-order valence-electron chi connectivity index (χ2n) is 13.9. The molecule has 0 radical (unpaired) electrons. The van der Waals surface area contributed by atoms with Crippen molar-refractivity contribution in [1.82, 2.24) is 15.0 Å². The SMILES string of the molecule is C1=CCC(c2cc(-c3cc(-c4nc(-c5ccccc5)nc(-c5cccc6sc7ccccc7c56)n4)cc4ccccc34)c3c(c2)oc2ccccc23)C=C1. The molecule has 1 unspecified atom stereocenters. The van der Waals surface area contributed by atoms with Gasteiger partial charge in [0.2, 0.25) is 0 Å². The van der Waals surface area contributed by atoms with Gasteiger partial charge in [-0.1, -0.05) is 127 Å². The van der Waals surface area contributed by atoms with Gasteiger partial charge in [0.15, 0.2) is 17.5 Å². The summed E-state index contributed by atoms with van der Waals surface area (Å²) in [6.07, 6.45) is 9.75. The molecule has 254 valence electrons. The number of furan rings is 1. The Hall–Kier alpha value is -6.69. The van der Waals surface area contributed by atoms with E-state index < -0.39 is 0 Å². The number of fused-ring (bicyclic) bond motifs is 7. The Kier molecular flexibility index (Phi) is 7.13. The lowest BCUT2D eigenvalue weighted by Crippen LogP contribution is -2.01. The number of hydrogen-bond donors (Lipinski definition) is 0. The van der Waals surface area contributed by atoms with E-state index in [2.05, 4.69) is 146 Å². The first-order valence-corrected chi connectivity index (χ1v) is 19.1. The summed E-state index contributed by atoms with van der Waals surface area (Å²) in [7, 11) is 0. The van der Waals surface area contributed by atoms with Crippen molar-refractivity contribution in [3.63, 3.8) is 0 Å². The van der Waals surface area contributed by atoms with E-state index >= 15 is 0 Å². The first kappa shape index (κ1) is 30.9. The van der Waals surface area contributed by atoms with Gasteiger partial charge in [0.05, 0.1) is 0 Å². The van der Waals surface area contributed by atoms with E-state index in [0.717, 1.165) is 66.9 Å². The largest absolute Gasteiger partial charge is 0.456 e. The molecule has 11 rings (SSSR count). The third kappa shape index (κ3) is 5.08. The van der Waals surface area contributed by atoms with Crippen LogP contribution < -0.4 is 0 Å². The number of hydrogen-bond acceptors (Lipinski definition) is 5. The van der Waals surface area contributed by atoms with E-state index in [9.17, 15) is 0 Å². The molecule has 3 heterocycles. The Morgan fingerprint density at radius 1 is 0.500 bits per heavy atom. The highest BCUT2D eigenvalue weighted by atomic mass is 32.1. The molecule has 0 spiro atoms. The van der Waals surface area contributed by atoms with E-state index in [4.69, 9.17) is 19.4 Å².